The van der Waals surface area contributed by atoms with E-state index in [1.165, 1.54) is 6.07 Å². The van der Waals surface area contributed by atoms with Gasteiger partial charge in [-0.05, 0) is 31.2 Å². The summed E-state index contributed by atoms with van der Waals surface area (Å²) < 4.78 is 20.0. The Morgan fingerprint density at radius 3 is 2.70 bits per heavy atom. The van der Waals surface area contributed by atoms with Gasteiger partial charge in [0.05, 0.1) is 7.11 Å². The van der Waals surface area contributed by atoms with Crippen LogP contribution in [0.1, 0.15) is 24.1 Å². The van der Waals surface area contributed by atoms with Gasteiger partial charge in [-0.2, -0.15) is 0 Å². The van der Waals surface area contributed by atoms with Gasteiger partial charge in [-0.15, -0.1) is 0 Å². The van der Waals surface area contributed by atoms with Crippen LogP contribution in [0.3, 0.4) is 0 Å². The molecule has 0 spiro atoms. The molecule has 0 fully saturated rings. The quantitative estimate of drug-likeness (QED) is 0.870. The molecule has 2 aromatic rings. The van der Waals surface area contributed by atoms with E-state index in [9.17, 15) is 4.39 Å². The van der Waals surface area contributed by atoms with Gasteiger partial charge >= 0.3 is 0 Å². The van der Waals surface area contributed by atoms with E-state index in [1.807, 2.05) is 31.2 Å². The summed E-state index contributed by atoms with van der Waals surface area (Å²) in [7, 11) is 1.65. The Bertz CT molecular complexity index is 588. The van der Waals surface area contributed by atoms with Gasteiger partial charge in [0.2, 0.25) is 0 Å². The van der Waals surface area contributed by atoms with E-state index in [0.29, 0.717) is 12.1 Å². The fraction of sp³-hybridized carbons (Fsp3) is 0.250. The lowest BCUT2D eigenvalue weighted by Crippen LogP contribution is -2.19. The van der Waals surface area contributed by atoms with Crippen LogP contribution in [0, 0.1) is 5.82 Å². The number of nitrogens with one attached hydrogen (secondary N) is 1. The van der Waals surface area contributed by atoms with Crippen LogP contribution >= 0.6 is 15.9 Å². The number of rotatable bonds is 5. The first-order valence-electron chi connectivity index (χ1n) is 6.42. The van der Waals surface area contributed by atoms with Crippen LogP contribution in [-0.4, -0.2) is 7.11 Å². The third-order valence-electron chi connectivity index (χ3n) is 3.21. The Morgan fingerprint density at radius 1 is 1.25 bits per heavy atom. The minimum atomic E-state index is -0.186. The molecule has 0 aliphatic carbocycles. The molecule has 0 heterocycles. The van der Waals surface area contributed by atoms with Crippen molar-refractivity contribution in [1.29, 1.82) is 0 Å². The third-order valence-corrected chi connectivity index (χ3v) is 3.71. The van der Waals surface area contributed by atoms with Crippen molar-refractivity contribution in [3.05, 3.63) is 63.9 Å². The Balaban J connectivity index is 2.09. The molecule has 2 nitrogen and oxygen atoms in total. The maximum absolute atomic E-state index is 13.7. The number of hydrogen-bond acceptors (Lipinski definition) is 2. The number of ether oxygens (including phenoxy) is 1. The zero-order valence-corrected chi connectivity index (χ0v) is 13.1. The Hall–Kier alpha value is -1.39. The van der Waals surface area contributed by atoms with Gasteiger partial charge in [-0.25, -0.2) is 4.39 Å². The van der Waals surface area contributed by atoms with Crippen molar-refractivity contribution >= 4 is 15.9 Å². The van der Waals surface area contributed by atoms with E-state index in [1.54, 1.807) is 19.2 Å². The normalized spacial score (nSPS) is 12.2. The number of hydrogen-bond donors (Lipinski definition) is 1. The highest BCUT2D eigenvalue weighted by molar-refractivity contribution is 9.10. The summed E-state index contributed by atoms with van der Waals surface area (Å²) >= 11 is 3.45. The predicted octanol–water partition coefficient (Wildman–Crippen LogP) is 4.45. The highest BCUT2D eigenvalue weighted by Crippen LogP contribution is 2.24. The van der Waals surface area contributed by atoms with Crippen molar-refractivity contribution < 1.29 is 9.13 Å². The standard InChI is InChI=1S/C16H17BrFNO/c1-11(14-5-3-4-6-15(14)18)19-10-12-9-13(17)7-8-16(12)20-2/h3-9,11,19H,10H2,1-2H3. The Morgan fingerprint density at radius 2 is 2.00 bits per heavy atom. The number of halogens is 2. The second-order valence-corrected chi connectivity index (χ2v) is 5.50. The van der Waals surface area contributed by atoms with Crippen molar-refractivity contribution in [2.24, 2.45) is 0 Å². The molecule has 106 valence electrons. The minimum absolute atomic E-state index is 0.0695. The summed E-state index contributed by atoms with van der Waals surface area (Å²) in [6, 6.07) is 12.6. The van der Waals surface area contributed by atoms with Gasteiger partial charge in [0.25, 0.3) is 0 Å². The molecule has 0 amide bonds. The van der Waals surface area contributed by atoms with E-state index in [0.717, 1.165) is 15.8 Å². The van der Waals surface area contributed by atoms with Crippen LogP contribution in [0.4, 0.5) is 4.39 Å². The number of benzene rings is 2. The molecule has 4 heteroatoms. The molecular formula is C16H17BrFNO. The molecule has 0 aliphatic rings. The molecule has 2 aromatic carbocycles. The predicted molar refractivity (Wildman–Crippen MR) is 82.3 cm³/mol. The molecule has 0 radical (unpaired) electrons. The maximum Gasteiger partial charge on any atom is 0.127 e. The van der Waals surface area contributed by atoms with Crippen molar-refractivity contribution in [2.75, 3.05) is 7.11 Å². The van der Waals surface area contributed by atoms with Crippen molar-refractivity contribution in [2.45, 2.75) is 19.5 Å². The Labute approximate surface area is 127 Å². The SMILES string of the molecule is COc1ccc(Br)cc1CNC(C)c1ccccc1F. The van der Waals surface area contributed by atoms with Crippen molar-refractivity contribution in [1.82, 2.24) is 5.32 Å². The van der Waals surface area contributed by atoms with E-state index < -0.39 is 0 Å². The largest absolute Gasteiger partial charge is 0.496 e. The van der Waals surface area contributed by atoms with Crippen LogP contribution in [0.2, 0.25) is 0 Å². The zero-order chi connectivity index (χ0) is 14.5. The van der Waals surface area contributed by atoms with Crippen molar-refractivity contribution in [3.63, 3.8) is 0 Å². The molecule has 2 rings (SSSR count). The van der Waals surface area contributed by atoms with Crippen LogP contribution in [0.25, 0.3) is 0 Å². The topological polar surface area (TPSA) is 21.3 Å². The van der Waals surface area contributed by atoms with Gasteiger partial charge in [0.1, 0.15) is 11.6 Å². The van der Waals surface area contributed by atoms with E-state index >= 15 is 0 Å². The summed E-state index contributed by atoms with van der Waals surface area (Å²) in [6.07, 6.45) is 0. The molecule has 1 N–H and O–H groups in total. The molecular weight excluding hydrogens is 321 g/mol. The fourth-order valence-corrected chi connectivity index (χ4v) is 2.49. The van der Waals surface area contributed by atoms with Gasteiger partial charge in [-0.1, -0.05) is 34.1 Å². The van der Waals surface area contributed by atoms with Gasteiger partial charge in [0, 0.05) is 28.2 Å². The van der Waals surface area contributed by atoms with Crippen molar-refractivity contribution in [3.8, 4) is 5.75 Å². The van der Waals surface area contributed by atoms with Crippen LogP contribution in [-0.2, 0) is 6.54 Å². The van der Waals surface area contributed by atoms with E-state index in [-0.39, 0.29) is 11.9 Å². The van der Waals surface area contributed by atoms with E-state index in [2.05, 4.69) is 21.2 Å². The van der Waals surface area contributed by atoms with E-state index in [4.69, 9.17) is 4.74 Å². The summed E-state index contributed by atoms with van der Waals surface area (Å²) in [5, 5.41) is 3.32. The molecule has 0 saturated heterocycles. The summed E-state index contributed by atoms with van der Waals surface area (Å²) in [5.74, 6) is 0.634. The minimum Gasteiger partial charge on any atom is -0.496 e. The summed E-state index contributed by atoms with van der Waals surface area (Å²) in [5.41, 5.74) is 1.70. The fourth-order valence-electron chi connectivity index (χ4n) is 2.08. The van der Waals surface area contributed by atoms with Crippen LogP contribution < -0.4 is 10.1 Å². The summed E-state index contributed by atoms with van der Waals surface area (Å²) in [6.45, 7) is 2.56. The molecule has 0 saturated carbocycles. The summed E-state index contributed by atoms with van der Waals surface area (Å²) in [4.78, 5) is 0. The third kappa shape index (κ3) is 3.58. The highest BCUT2D eigenvalue weighted by Gasteiger charge is 2.11. The molecule has 1 unspecified atom stereocenters. The molecule has 1 atom stereocenters. The molecule has 20 heavy (non-hydrogen) atoms. The van der Waals surface area contributed by atoms with Crippen LogP contribution in [0.5, 0.6) is 5.75 Å². The lowest BCUT2D eigenvalue weighted by molar-refractivity contribution is 0.405. The second kappa shape index (κ2) is 6.86. The molecule has 0 aromatic heterocycles. The molecule has 0 aliphatic heterocycles. The maximum atomic E-state index is 13.7. The number of methoxy groups -OCH3 is 1. The first-order chi connectivity index (χ1) is 9.61. The average Bonchev–Trinajstić information content (AvgIpc) is 2.45. The van der Waals surface area contributed by atoms with Gasteiger partial charge < -0.3 is 10.1 Å². The van der Waals surface area contributed by atoms with Gasteiger partial charge in [0.15, 0.2) is 0 Å². The van der Waals surface area contributed by atoms with Gasteiger partial charge in [-0.3, -0.25) is 0 Å². The highest BCUT2D eigenvalue weighted by atomic mass is 79.9. The smallest absolute Gasteiger partial charge is 0.127 e. The van der Waals surface area contributed by atoms with Crippen LogP contribution in [0.15, 0.2) is 46.9 Å². The Kier molecular flexibility index (Phi) is 5.15. The molecule has 0 bridgehead atoms. The zero-order valence-electron chi connectivity index (χ0n) is 11.5. The average molecular weight is 338 g/mol. The monoisotopic (exact) mass is 337 g/mol. The first kappa shape index (κ1) is 15.0. The first-order valence-corrected chi connectivity index (χ1v) is 7.21. The lowest BCUT2D eigenvalue weighted by atomic mass is 10.1. The second-order valence-electron chi connectivity index (χ2n) is 4.58. The lowest BCUT2D eigenvalue weighted by Gasteiger charge is -2.16.